The number of halogens is 2. The number of amides is 2. The third-order valence-electron chi connectivity index (χ3n) is 4.24. The van der Waals surface area contributed by atoms with Crippen molar-refractivity contribution in [1.29, 1.82) is 0 Å². The molecule has 31 heavy (non-hydrogen) atoms. The molecule has 1 aliphatic rings. The van der Waals surface area contributed by atoms with Gasteiger partial charge in [-0.25, -0.2) is 0 Å². The monoisotopic (exact) mass is 526 g/mol. The molecule has 0 atom stereocenters. The molecule has 2 aromatic rings. The average Bonchev–Trinajstić information content (AvgIpc) is 2.98. The van der Waals surface area contributed by atoms with Crippen LogP contribution in [0, 0.1) is 10.1 Å². The van der Waals surface area contributed by atoms with Gasteiger partial charge in [0.2, 0.25) is 0 Å². The summed E-state index contributed by atoms with van der Waals surface area (Å²) in [7, 11) is 1.50. The van der Waals surface area contributed by atoms with E-state index in [9.17, 15) is 19.7 Å². The van der Waals surface area contributed by atoms with Gasteiger partial charge in [-0.3, -0.25) is 24.6 Å². The highest BCUT2D eigenvalue weighted by Crippen LogP contribution is 2.38. The Hall–Kier alpha value is -2.40. The number of hydrogen-bond acceptors (Lipinski definition) is 7. The quantitative estimate of drug-likeness (QED) is 0.262. The molecule has 0 radical (unpaired) electrons. The summed E-state index contributed by atoms with van der Waals surface area (Å²) in [6.45, 7) is 0.621. The lowest BCUT2D eigenvalue weighted by Gasteiger charge is -2.12. The molecule has 0 bridgehead atoms. The van der Waals surface area contributed by atoms with E-state index < -0.39 is 4.92 Å². The van der Waals surface area contributed by atoms with E-state index in [-0.39, 0.29) is 36.6 Å². The van der Waals surface area contributed by atoms with Crippen molar-refractivity contribution in [2.45, 2.75) is 6.61 Å². The fraction of sp³-hybridized carbons (Fsp3) is 0.200. The van der Waals surface area contributed by atoms with E-state index in [2.05, 4.69) is 15.9 Å². The van der Waals surface area contributed by atoms with Gasteiger partial charge in [0.05, 0.1) is 32.5 Å². The Morgan fingerprint density at radius 3 is 2.58 bits per heavy atom. The van der Waals surface area contributed by atoms with Crippen molar-refractivity contribution >= 4 is 62.2 Å². The van der Waals surface area contributed by atoms with Gasteiger partial charge in [0.15, 0.2) is 5.75 Å². The van der Waals surface area contributed by atoms with Crippen molar-refractivity contribution in [3.05, 3.63) is 72.0 Å². The first-order chi connectivity index (χ1) is 14.8. The van der Waals surface area contributed by atoms with E-state index in [0.717, 1.165) is 22.2 Å². The number of nitro benzene ring substituents is 1. The Morgan fingerprint density at radius 1 is 1.26 bits per heavy atom. The number of hydrogen-bond donors (Lipinski definition) is 0. The van der Waals surface area contributed by atoms with E-state index in [0.29, 0.717) is 25.7 Å². The molecule has 1 aliphatic heterocycles. The summed E-state index contributed by atoms with van der Waals surface area (Å²) in [4.78, 5) is 36.2. The number of carbonyl (C=O) groups excluding carboxylic acids is 2. The van der Waals surface area contributed by atoms with Crippen molar-refractivity contribution in [3.8, 4) is 5.75 Å². The highest BCUT2D eigenvalue weighted by Gasteiger charge is 2.34. The maximum absolute atomic E-state index is 12.4. The van der Waals surface area contributed by atoms with Gasteiger partial charge in [-0.2, -0.15) is 0 Å². The highest BCUT2D eigenvalue weighted by atomic mass is 79.9. The average molecular weight is 528 g/mol. The second kappa shape index (κ2) is 10.3. The molecule has 0 unspecified atom stereocenters. The Morgan fingerprint density at radius 2 is 1.97 bits per heavy atom. The van der Waals surface area contributed by atoms with Crippen molar-refractivity contribution < 1.29 is 24.0 Å². The molecule has 0 N–H and O–H groups in total. The van der Waals surface area contributed by atoms with E-state index in [1.807, 2.05) is 0 Å². The molecule has 3 rings (SSSR count). The molecule has 162 valence electrons. The Bertz CT molecular complexity index is 1040. The number of ether oxygens (including phenoxy) is 2. The fourth-order valence-corrected chi connectivity index (χ4v) is 4.55. The SMILES string of the molecule is COCCN1C(=O)S/C(=C/c2cc(Cl)c(OCc3ccc([N+](=O)[O-])cc3)c(Br)c2)C1=O. The molecule has 2 amide bonds. The smallest absolute Gasteiger partial charge is 0.293 e. The number of imide groups is 1. The van der Waals surface area contributed by atoms with Gasteiger partial charge < -0.3 is 9.47 Å². The lowest BCUT2D eigenvalue weighted by molar-refractivity contribution is -0.384. The van der Waals surface area contributed by atoms with Crippen LogP contribution in [0.15, 0.2) is 45.8 Å². The summed E-state index contributed by atoms with van der Waals surface area (Å²) in [6, 6.07) is 9.36. The molecule has 1 fully saturated rings. The predicted octanol–water partition coefficient (Wildman–Crippen LogP) is 5.27. The zero-order chi connectivity index (χ0) is 22.5. The Labute approximate surface area is 195 Å². The van der Waals surface area contributed by atoms with Gasteiger partial charge in [0, 0.05) is 19.2 Å². The van der Waals surface area contributed by atoms with Crippen LogP contribution in [0.5, 0.6) is 5.75 Å². The molecule has 11 heteroatoms. The van der Waals surface area contributed by atoms with Gasteiger partial charge >= 0.3 is 0 Å². The molecule has 0 aromatic heterocycles. The molecule has 2 aromatic carbocycles. The number of non-ortho nitro benzene ring substituents is 1. The third-order valence-corrected chi connectivity index (χ3v) is 6.02. The molecule has 0 saturated carbocycles. The van der Waals surface area contributed by atoms with Crippen LogP contribution in [0.2, 0.25) is 5.02 Å². The first kappa shape index (κ1) is 23.3. The first-order valence-corrected chi connectivity index (χ1v) is 10.9. The second-order valence-electron chi connectivity index (χ2n) is 6.35. The summed E-state index contributed by atoms with van der Waals surface area (Å²) in [5.74, 6) is 0.0168. The van der Waals surface area contributed by atoms with Crippen LogP contribution >= 0.6 is 39.3 Å². The largest absolute Gasteiger partial charge is 0.486 e. The van der Waals surface area contributed by atoms with Crippen LogP contribution in [0.4, 0.5) is 10.5 Å². The summed E-state index contributed by atoms with van der Waals surface area (Å²) < 4.78 is 11.3. The molecular formula is C20H16BrClN2O6S. The van der Waals surface area contributed by atoms with Crippen LogP contribution in [0.3, 0.4) is 0 Å². The topological polar surface area (TPSA) is 99.0 Å². The summed E-state index contributed by atoms with van der Waals surface area (Å²) >= 11 is 10.6. The molecule has 8 nitrogen and oxygen atoms in total. The van der Waals surface area contributed by atoms with Crippen LogP contribution in [0.1, 0.15) is 11.1 Å². The third kappa shape index (κ3) is 5.65. The normalized spacial score (nSPS) is 15.1. The van der Waals surface area contributed by atoms with Crippen molar-refractivity contribution in [2.24, 2.45) is 0 Å². The summed E-state index contributed by atoms with van der Waals surface area (Å²) in [6.07, 6.45) is 1.59. The van der Waals surface area contributed by atoms with Crippen molar-refractivity contribution in [1.82, 2.24) is 4.90 Å². The Balaban J connectivity index is 1.73. The number of methoxy groups -OCH3 is 1. The molecule has 0 spiro atoms. The lowest BCUT2D eigenvalue weighted by atomic mass is 10.2. The van der Waals surface area contributed by atoms with Crippen LogP contribution in [-0.2, 0) is 16.1 Å². The second-order valence-corrected chi connectivity index (χ2v) is 8.61. The number of nitrogens with zero attached hydrogens (tertiary/aromatic N) is 2. The van der Waals surface area contributed by atoms with Gasteiger partial charge in [0.25, 0.3) is 16.8 Å². The minimum absolute atomic E-state index is 0.000972. The Kier molecular flexibility index (Phi) is 7.71. The molecule has 1 saturated heterocycles. The van der Waals surface area contributed by atoms with Gasteiger partial charge in [-0.1, -0.05) is 11.6 Å². The van der Waals surface area contributed by atoms with Gasteiger partial charge in [-0.05, 0) is 69.2 Å². The maximum atomic E-state index is 12.4. The number of nitro groups is 1. The number of carbonyl (C=O) groups is 2. The number of rotatable bonds is 8. The summed E-state index contributed by atoms with van der Waals surface area (Å²) in [5.41, 5.74) is 1.36. The van der Waals surface area contributed by atoms with Crippen LogP contribution in [0.25, 0.3) is 6.08 Å². The summed E-state index contributed by atoms with van der Waals surface area (Å²) in [5, 5.41) is 10.7. The van der Waals surface area contributed by atoms with Gasteiger partial charge in [0.1, 0.15) is 6.61 Å². The predicted molar refractivity (Wildman–Crippen MR) is 121 cm³/mol. The molecule has 1 heterocycles. The molecular weight excluding hydrogens is 512 g/mol. The van der Waals surface area contributed by atoms with Crippen molar-refractivity contribution in [2.75, 3.05) is 20.3 Å². The van der Waals surface area contributed by atoms with Gasteiger partial charge in [-0.15, -0.1) is 0 Å². The van der Waals surface area contributed by atoms with Crippen LogP contribution in [-0.4, -0.2) is 41.2 Å². The van der Waals surface area contributed by atoms with E-state index in [1.54, 1.807) is 30.3 Å². The minimum atomic E-state index is -0.469. The minimum Gasteiger partial charge on any atom is -0.486 e. The zero-order valence-electron chi connectivity index (χ0n) is 16.2. The first-order valence-electron chi connectivity index (χ1n) is 8.89. The lowest BCUT2D eigenvalue weighted by Crippen LogP contribution is -2.31. The van der Waals surface area contributed by atoms with E-state index in [4.69, 9.17) is 21.1 Å². The van der Waals surface area contributed by atoms with Crippen molar-refractivity contribution in [3.63, 3.8) is 0 Å². The molecule has 0 aliphatic carbocycles. The highest BCUT2D eigenvalue weighted by molar-refractivity contribution is 9.10. The van der Waals surface area contributed by atoms with E-state index >= 15 is 0 Å². The standard InChI is InChI=1S/C20H16BrClN2O6S/c1-29-7-6-23-19(25)17(31-20(23)26)10-13-8-15(21)18(16(22)9-13)30-11-12-2-4-14(5-3-12)24(27)28/h2-5,8-10H,6-7,11H2,1H3/b17-10+. The number of benzene rings is 2. The maximum Gasteiger partial charge on any atom is 0.293 e. The fourth-order valence-electron chi connectivity index (χ4n) is 2.70. The van der Waals surface area contributed by atoms with E-state index in [1.165, 1.54) is 19.2 Å². The number of thioether (sulfide) groups is 1. The zero-order valence-corrected chi connectivity index (χ0v) is 19.3. The van der Waals surface area contributed by atoms with Crippen LogP contribution < -0.4 is 4.74 Å².